The molecule has 0 saturated heterocycles. The van der Waals surface area contributed by atoms with Crippen LogP contribution in [0.25, 0.3) is 10.9 Å². The highest BCUT2D eigenvalue weighted by molar-refractivity contribution is 7.99. The lowest BCUT2D eigenvalue weighted by molar-refractivity contribution is -0.106. The number of primary amides is 1. The molecule has 5 N–H and O–H groups in total. The summed E-state index contributed by atoms with van der Waals surface area (Å²) in [6.07, 6.45) is 4.05. The van der Waals surface area contributed by atoms with Gasteiger partial charge in [0.2, 0.25) is 6.41 Å². The van der Waals surface area contributed by atoms with E-state index >= 15 is 0 Å². The summed E-state index contributed by atoms with van der Waals surface area (Å²) in [5.41, 5.74) is 9.27. The number of amides is 1. The number of H-pyrrole nitrogens is 1. The molecular weight excluding hydrogens is 463 g/mol. The summed E-state index contributed by atoms with van der Waals surface area (Å²) >= 11 is 1.68. The molecule has 182 valence electrons. The van der Waals surface area contributed by atoms with Crippen molar-refractivity contribution in [1.29, 1.82) is 0 Å². The van der Waals surface area contributed by atoms with E-state index in [2.05, 4.69) is 46.9 Å². The summed E-state index contributed by atoms with van der Waals surface area (Å²) in [4.78, 5) is 14.9. The fourth-order valence-electron chi connectivity index (χ4n) is 3.69. The molecule has 0 fully saturated rings. The number of halogens is 1. The highest BCUT2D eigenvalue weighted by atomic mass is 32.2. The highest BCUT2D eigenvalue weighted by Crippen LogP contribution is 2.35. The van der Waals surface area contributed by atoms with Gasteiger partial charge in [0.1, 0.15) is 11.6 Å². The smallest absolute Gasteiger partial charge is 0.204 e. The van der Waals surface area contributed by atoms with E-state index in [1.54, 1.807) is 18.7 Å². The number of nitrogens with one attached hydrogen (secondary N) is 2. The largest absolute Gasteiger partial charge is 0.508 e. The number of phenols is 1. The topological polar surface area (TPSA) is 94.4 Å². The van der Waals surface area contributed by atoms with Gasteiger partial charge in [0.25, 0.3) is 0 Å². The number of nitrogens with two attached hydrogens (primary N) is 1. The summed E-state index contributed by atoms with van der Waals surface area (Å²) in [5, 5.41) is 14.6. The average molecular weight is 493 g/mol. The van der Waals surface area contributed by atoms with Crippen LogP contribution in [0.2, 0.25) is 0 Å². The SMILES string of the molecule is C=CCSc1cc(Nc2ccc3cc[nH]c3c2)ccc1N(C)Cc1c(F)ccc(O)c1C.NC=O. The molecule has 35 heavy (non-hydrogen) atoms. The minimum Gasteiger partial charge on any atom is -0.508 e. The Morgan fingerprint density at radius 3 is 2.63 bits per heavy atom. The number of thioether (sulfide) groups is 1. The van der Waals surface area contributed by atoms with E-state index in [1.165, 1.54) is 17.5 Å². The number of nitrogens with zero attached hydrogens (tertiary/aromatic N) is 1. The van der Waals surface area contributed by atoms with Gasteiger partial charge in [0, 0.05) is 52.9 Å². The molecule has 0 aliphatic carbocycles. The summed E-state index contributed by atoms with van der Waals surface area (Å²) in [6.45, 7) is 5.92. The van der Waals surface area contributed by atoms with Crippen molar-refractivity contribution in [2.24, 2.45) is 5.73 Å². The molecule has 8 heteroatoms. The Hall–Kier alpha value is -3.91. The predicted molar refractivity (Wildman–Crippen MR) is 144 cm³/mol. The van der Waals surface area contributed by atoms with Gasteiger partial charge in [-0.15, -0.1) is 18.3 Å². The van der Waals surface area contributed by atoms with Crippen LogP contribution in [0.1, 0.15) is 11.1 Å². The zero-order chi connectivity index (χ0) is 25.4. The molecule has 0 radical (unpaired) electrons. The first kappa shape index (κ1) is 25.7. The molecule has 1 aromatic heterocycles. The Bertz CT molecular complexity index is 1320. The predicted octanol–water partition coefficient (Wildman–Crippen LogP) is 6.08. The van der Waals surface area contributed by atoms with Crippen molar-refractivity contribution in [3.63, 3.8) is 0 Å². The van der Waals surface area contributed by atoms with Crippen molar-refractivity contribution < 1.29 is 14.3 Å². The summed E-state index contributed by atoms with van der Waals surface area (Å²) in [5.74, 6) is 0.554. The third-order valence-corrected chi connectivity index (χ3v) is 6.52. The fourth-order valence-corrected chi connectivity index (χ4v) is 4.57. The van der Waals surface area contributed by atoms with Gasteiger partial charge in [-0.2, -0.15) is 0 Å². The van der Waals surface area contributed by atoms with Gasteiger partial charge in [0.15, 0.2) is 0 Å². The molecule has 0 aliphatic heterocycles. The minimum absolute atomic E-state index is 0.106. The number of anilines is 3. The number of rotatable bonds is 8. The van der Waals surface area contributed by atoms with E-state index in [0.29, 0.717) is 17.7 Å². The minimum atomic E-state index is -0.314. The van der Waals surface area contributed by atoms with Crippen LogP contribution in [-0.4, -0.2) is 29.3 Å². The number of carbonyl (C=O) groups is 1. The number of phenolic OH excluding ortho intramolecular Hbond substituents is 1. The lowest BCUT2D eigenvalue weighted by atomic mass is 10.1. The van der Waals surface area contributed by atoms with Gasteiger partial charge in [0.05, 0.1) is 5.69 Å². The molecular formula is C27H29FN4O2S. The number of fused-ring (bicyclic) bond motifs is 1. The Morgan fingerprint density at radius 2 is 1.89 bits per heavy atom. The zero-order valence-electron chi connectivity index (χ0n) is 19.7. The molecule has 0 unspecified atom stereocenters. The van der Waals surface area contributed by atoms with Crippen LogP contribution in [0.15, 0.2) is 78.3 Å². The quantitative estimate of drug-likeness (QED) is 0.136. The van der Waals surface area contributed by atoms with E-state index in [9.17, 15) is 9.50 Å². The van der Waals surface area contributed by atoms with Crippen LogP contribution in [0.3, 0.4) is 0 Å². The second-order valence-corrected chi connectivity index (χ2v) is 8.91. The molecule has 0 aliphatic rings. The maximum Gasteiger partial charge on any atom is 0.204 e. The molecule has 0 spiro atoms. The first-order valence-electron chi connectivity index (χ1n) is 10.9. The van der Waals surface area contributed by atoms with Gasteiger partial charge < -0.3 is 26.0 Å². The van der Waals surface area contributed by atoms with Crippen LogP contribution in [0.5, 0.6) is 5.75 Å². The average Bonchev–Trinajstić information content (AvgIpc) is 3.31. The van der Waals surface area contributed by atoms with Gasteiger partial charge in [-0.1, -0.05) is 12.1 Å². The van der Waals surface area contributed by atoms with Crippen molar-refractivity contribution in [2.75, 3.05) is 23.0 Å². The van der Waals surface area contributed by atoms with Crippen LogP contribution in [0.4, 0.5) is 21.5 Å². The van der Waals surface area contributed by atoms with E-state index < -0.39 is 0 Å². The number of hydrogen-bond donors (Lipinski definition) is 4. The fraction of sp³-hybridized carbons (Fsp3) is 0.148. The van der Waals surface area contributed by atoms with Crippen molar-refractivity contribution >= 4 is 46.1 Å². The summed E-state index contributed by atoms with van der Waals surface area (Å²) in [6, 6.07) is 17.1. The van der Waals surface area contributed by atoms with Crippen LogP contribution in [0, 0.1) is 12.7 Å². The third kappa shape index (κ3) is 6.36. The molecule has 0 bridgehead atoms. The van der Waals surface area contributed by atoms with Crippen molar-refractivity contribution in [1.82, 2.24) is 4.98 Å². The number of aromatic amines is 1. The second kappa shape index (κ2) is 12.0. The molecule has 1 heterocycles. The summed E-state index contributed by atoms with van der Waals surface area (Å²) < 4.78 is 14.4. The number of hydrogen-bond acceptors (Lipinski definition) is 5. The first-order valence-corrected chi connectivity index (χ1v) is 11.9. The number of benzene rings is 3. The number of aromatic nitrogens is 1. The highest BCUT2D eigenvalue weighted by Gasteiger charge is 2.15. The molecule has 0 atom stereocenters. The number of carbonyl (C=O) groups excluding carboxylic acids is 1. The monoisotopic (exact) mass is 492 g/mol. The number of aromatic hydroxyl groups is 1. The zero-order valence-corrected chi connectivity index (χ0v) is 20.5. The molecule has 0 saturated carbocycles. The lowest BCUT2D eigenvalue weighted by Gasteiger charge is -2.24. The van der Waals surface area contributed by atoms with Gasteiger partial charge in [-0.05, 0) is 66.4 Å². The first-order chi connectivity index (χ1) is 16.9. The van der Waals surface area contributed by atoms with Gasteiger partial charge in [-0.3, -0.25) is 4.79 Å². The molecule has 1 amide bonds. The maximum atomic E-state index is 14.4. The normalized spacial score (nSPS) is 10.4. The van der Waals surface area contributed by atoms with Gasteiger partial charge >= 0.3 is 0 Å². The third-order valence-electron chi connectivity index (χ3n) is 5.48. The molecule has 4 rings (SSSR count). The van der Waals surface area contributed by atoms with Gasteiger partial charge in [-0.25, -0.2) is 4.39 Å². The Balaban J connectivity index is 0.00000108. The standard InChI is InChI=1S/C26H26FN3OS.CH3NO/c1-4-13-32-26-15-20(29-19-6-5-18-11-12-28-23(18)14-19)7-9-24(26)30(3)16-21-17(2)25(31)10-8-22(21)27;2-1-3/h4-12,14-15,28-29,31H,1,13,16H2,2-3H3;1H,(H2,2,3). The Labute approximate surface area is 208 Å². The van der Waals surface area contributed by atoms with Crippen LogP contribution in [-0.2, 0) is 11.3 Å². The van der Waals surface area contributed by atoms with Crippen molar-refractivity contribution in [2.45, 2.75) is 18.4 Å². The molecule has 3 aromatic carbocycles. The van der Waals surface area contributed by atoms with E-state index in [-0.39, 0.29) is 18.0 Å². The lowest BCUT2D eigenvalue weighted by Crippen LogP contribution is -2.19. The Morgan fingerprint density at radius 1 is 1.17 bits per heavy atom. The van der Waals surface area contributed by atoms with E-state index in [1.807, 2.05) is 42.4 Å². The van der Waals surface area contributed by atoms with Crippen LogP contribution < -0.4 is 16.0 Å². The second-order valence-electron chi connectivity index (χ2n) is 7.85. The van der Waals surface area contributed by atoms with Crippen LogP contribution >= 0.6 is 11.8 Å². The van der Waals surface area contributed by atoms with E-state index in [0.717, 1.165) is 33.2 Å². The van der Waals surface area contributed by atoms with E-state index in [4.69, 9.17) is 4.79 Å². The Kier molecular flexibility index (Phi) is 8.80. The molecule has 4 aromatic rings. The maximum absolute atomic E-state index is 14.4. The molecule has 6 nitrogen and oxygen atoms in total. The summed E-state index contributed by atoms with van der Waals surface area (Å²) in [7, 11) is 1.93. The van der Waals surface area contributed by atoms with Crippen molar-refractivity contribution in [3.05, 3.63) is 90.4 Å². The van der Waals surface area contributed by atoms with Crippen molar-refractivity contribution in [3.8, 4) is 5.75 Å².